The average molecular weight is 250 g/mol. The van der Waals surface area contributed by atoms with Gasteiger partial charge in [-0.2, -0.15) is 0 Å². The summed E-state index contributed by atoms with van der Waals surface area (Å²) in [7, 11) is 1.59. The lowest BCUT2D eigenvalue weighted by molar-refractivity contribution is -0.136. The highest BCUT2D eigenvalue weighted by molar-refractivity contribution is 5.67. The topological polar surface area (TPSA) is 55.8 Å². The molecule has 2 rings (SSSR count). The van der Waals surface area contributed by atoms with E-state index in [1.165, 1.54) is 12.8 Å². The van der Waals surface area contributed by atoms with E-state index in [9.17, 15) is 4.79 Å². The zero-order valence-electron chi connectivity index (χ0n) is 10.5. The van der Waals surface area contributed by atoms with Gasteiger partial charge in [0.2, 0.25) is 0 Å². The van der Waals surface area contributed by atoms with Crippen molar-refractivity contribution in [1.82, 2.24) is 0 Å². The van der Waals surface area contributed by atoms with E-state index in [1.54, 1.807) is 7.11 Å². The lowest BCUT2D eigenvalue weighted by Gasteiger charge is -2.14. The van der Waals surface area contributed by atoms with E-state index >= 15 is 0 Å². The Labute approximate surface area is 107 Å². The van der Waals surface area contributed by atoms with Gasteiger partial charge in [-0.15, -0.1) is 0 Å². The highest BCUT2D eigenvalue weighted by Crippen LogP contribution is 2.33. The Hall–Kier alpha value is -1.71. The number of aliphatic carboxylic acids is 1. The third-order valence-corrected chi connectivity index (χ3v) is 3.07. The summed E-state index contributed by atoms with van der Waals surface area (Å²) >= 11 is 0. The van der Waals surface area contributed by atoms with Crippen LogP contribution in [-0.4, -0.2) is 24.8 Å². The number of carbonyl (C=O) groups is 1. The van der Waals surface area contributed by atoms with Gasteiger partial charge in [0, 0.05) is 12.0 Å². The van der Waals surface area contributed by atoms with Gasteiger partial charge in [-0.05, 0) is 37.3 Å². The molecule has 1 aromatic carbocycles. The summed E-state index contributed by atoms with van der Waals surface area (Å²) < 4.78 is 11.0. The molecule has 0 unspecified atom stereocenters. The first-order chi connectivity index (χ1) is 8.70. The van der Waals surface area contributed by atoms with E-state index in [4.69, 9.17) is 14.6 Å². The second-order valence-electron chi connectivity index (χ2n) is 4.59. The number of rotatable bonds is 7. The van der Waals surface area contributed by atoms with Crippen molar-refractivity contribution in [2.45, 2.75) is 25.7 Å². The first-order valence-electron chi connectivity index (χ1n) is 6.21. The van der Waals surface area contributed by atoms with Crippen molar-refractivity contribution < 1.29 is 19.4 Å². The molecule has 0 bridgehead atoms. The Bertz CT molecular complexity index is 424. The van der Waals surface area contributed by atoms with Crippen molar-refractivity contribution >= 4 is 5.97 Å². The quantitative estimate of drug-likeness (QED) is 0.807. The van der Waals surface area contributed by atoms with Crippen LogP contribution in [0.15, 0.2) is 18.2 Å². The molecule has 4 nitrogen and oxygen atoms in total. The number of ether oxygens (including phenoxy) is 2. The molecule has 0 radical (unpaired) electrons. The van der Waals surface area contributed by atoms with Crippen molar-refractivity contribution in [2.24, 2.45) is 5.92 Å². The van der Waals surface area contributed by atoms with Crippen LogP contribution in [0.3, 0.4) is 0 Å². The van der Waals surface area contributed by atoms with E-state index in [-0.39, 0.29) is 6.42 Å². The van der Waals surface area contributed by atoms with E-state index in [0.717, 1.165) is 11.3 Å². The maximum Gasteiger partial charge on any atom is 0.303 e. The number of hydrogen-bond acceptors (Lipinski definition) is 3. The fourth-order valence-electron chi connectivity index (χ4n) is 1.84. The zero-order chi connectivity index (χ0) is 13.0. The van der Waals surface area contributed by atoms with Gasteiger partial charge in [-0.3, -0.25) is 4.79 Å². The second-order valence-corrected chi connectivity index (χ2v) is 4.59. The Kier molecular flexibility index (Phi) is 4.07. The van der Waals surface area contributed by atoms with Gasteiger partial charge in [-0.25, -0.2) is 0 Å². The van der Waals surface area contributed by atoms with Gasteiger partial charge in [0.25, 0.3) is 0 Å². The molecule has 0 heterocycles. The summed E-state index contributed by atoms with van der Waals surface area (Å²) in [6.45, 7) is 0.716. The van der Waals surface area contributed by atoms with Crippen LogP contribution in [0.25, 0.3) is 0 Å². The van der Waals surface area contributed by atoms with Crippen molar-refractivity contribution in [3.8, 4) is 11.5 Å². The van der Waals surface area contributed by atoms with Crippen molar-refractivity contribution in [3.05, 3.63) is 23.8 Å². The minimum atomic E-state index is -0.811. The Balaban J connectivity index is 2.10. The summed E-state index contributed by atoms with van der Waals surface area (Å²) in [6.07, 6.45) is 2.97. The highest BCUT2D eigenvalue weighted by Gasteiger charge is 2.22. The minimum Gasteiger partial charge on any atom is -0.496 e. The van der Waals surface area contributed by atoms with Crippen molar-refractivity contribution in [3.63, 3.8) is 0 Å². The number of carboxylic acids is 1. The molecule has 0 aliphatic heterocycles. The first kappa shape index (κ1) is 12.7. The average Bonchev–Trinajstić information content (AvgIpc) is 3.17. The molecular weight excluding hydrogens is 232 g/mol. The summed E-state index contributed by atoms with van der Waals surface area (Å²) in [5.74, 6) is 1.31. The molecule has 1 N–H and O–H groups in total. The van der Waals surface area contributed by atoms with Crippen LogP contribution in [-0.2, 0) is 11.2 Å². The lowest BCUT2D eigenvalue weighted by Crippen LogP contribution is -2.05. The van der Waals surface area contributed by atoms with Gasteiger partial charge in [-0.1, -0.05) is 6.07 Å². The van der Waals surface area contributed by atoms with E-state index in [2.05, 4.69) is 0 Å². The lowest BCUT2D eigenvalue weighted by atomic mass is 10.1. The normalized spacial score (nSPS) is 14.3. The third kappa shape index (κ3) is 3.39. The summed E-state index contributed by atoms with van der Waals surface area (Å²) in [6, 6.07) is 5.58. The fraction of sp³-hybridized carbons (Fsp3) is 0.500. The fourth-order valence-corrected chi connectivity index (χ4v) is 1.84. The van der Waals surface area contributed by atoms with Crippen LogP contribution in [0.5, 0.6) is 11.5 Å². The summed E-state index contributed by atoms with van der Waals surface area (Å²) in [5.41, 5.74) is 0.850. The molecule has 1 aliphatic rings. The number of hydrogen-bond donors (Lipinski definition) is 1. The molecule has 1 fully saturated rings. The van der Waals surface area contributed by atoms with Crippen molar-refractivity contribution in [2.75, 3.05) is 13.7 Å². The van der Waals surface area contributed by atoms with Crippen LogP contribution >= 0.6 is 0 Å². The molecule has 0 atom stereocenters. The monoisotopic (exact) mass is 250 g/mol. The molecule has 0 amide bonds. The number of methoxy groups -OCH3 is 1. The predicted molar refractivity (Wildman–Crippen MR) is 67.2 cm³/mol. The molecule has 0 aromatic heterocycles. The van der Waals surface area contributed by atoms with Crippen LogP contribution < -0.4 is 9.47 Å². The molecule has 1 aliphatic carbocycles. The summed E-state index contributed by atoms with van der Waals surface area (Å²) in [4.78, 5) is 10.7. The van der Waals surface area contributed by atoms with Crippen LogP contribution in [0.4, 0.5) is 0 Å². The standard InChI is InChI=1S/C14H18O4/c1-17-12-3-2-4-13(18-9-10-5-6-10)11(12)7-8-14(15)16/h2-4,10H,5-9H2,1H3,(H,15,16). The second kappa shape index (κ2) is 5.76. The third-order valence-electron chi connectivity index (χ3n) is 3.07. The summed E-state index contributed by atoms with van der Waals surface area (Å²) in [5, 5.41) is 8.78. The number of benzene rings is 1. The van der Waals surface area contributed by atoms with Gasteiger partial charge < -0.3 is 14.6 Å². The Morgan fingerprint density at radius 3 is 2.72 bits per heavy atom. The van der Waals surface area contributed by atoms with E-state index < -0.39 is 5.97 Å². The molecule has 0 saturated heterocycles. The molecule has 18 heavy (non-hydrogen) atoms. The first-order valence-corrected chi connectivity index (χ1v) is 6.21. The van der Waals surface area contributed by atoms with E-state index in [0.29, 0.717) is 24.7 Å². The largest absolute Gasteiger partial charge is 0.496 e. The Morgan fingerprint density at radius 2 is 2.11 bits per heavy atom. The maximum atomic E-state index is 10.7. The van der Waals surface area contributed by atoms with Crippen LogP contribution in [0, 0.1) is 5.92 Å². The molecule has 0 spiro atoms. The molecule has 98 valence electrons. The zero-order valence-corrected chi connectivity index (χ0v) is 10.5. The minimum absolute atomic E-state index is 0.0835. The smallest absolute Gasteiger partial charge is 0.303 e. The van der Waals surface area contributed by atoms with Gasteiger partial charge in [0.15, 0.2) is 0 Å². The number of carboxylic acid groups (broad SMARTS) is 1. The molecule has 1 saturated carbocycles. The van der Waals surface area contributed by atoms with Crippen molar-refractivity contribution in [1.29, 1.82) is 0 Å². The molecule has 1 aromatic rings. The molecule has 4 heteroatoms. The van der Waals surface area contributed by atoms with Gasteiger partial charge in [0.05, 0.1) is 13.7 Å². The molecular formula is C14H18O4. The van der Waals surface area contributed by atoms with Gasteiger partial charge >= 0.3 is 5.97 Å². The SMILES string of the molecule is COc1cccc(OCC2CC2)c1CCC(=O)O. The van der Waals surface area contributed by atoms with Crippen LogP contribution in [0.1, 0.15) is 24.8 Å². The van der Waals surface area contributed by atoms with Crippen LogP contribution in [0.2, 0.25) is 0 Å². The maximum absolute atomic E-state index is 10.7. The van der Waals surface area contributed by atoms with E-state index in [1.807, 2.05) is 18.2 Å². The Morgan fingerprint density at radius 1 is 1.39 bits per heavy atom. The van der Waals surface area contributed by atoms with Gasteiger partial charge in [0.1, 0.15) is 11.5 Å². The predicted octanol–water partition coefficient (Wildman–Crippen LogP) is 2.50. The highest BCUT2D eigenvalue weighted by atomic mass is 16.5.